The first-order valence-electron chi connectivity index (χ1n) is 4.22. The summed E-state index contributed by atoms with van der Waals surface area (Å²) in [6, 6.07) is 12.8. The molecule has 1 N–H and O–H groups in total. The van der Waals surface area contributed by atoms with Gasteiger partial charge in [0.2, 0.25) is 11.0 Å². The number of halogens is 1. The molecule has 0 amide bonds. The molecule has 0 aliphatic heterocycles. The Hall–Kier alpha value is -0.680. The molecule has 0 aliphatic rings. The molecule has 0 saturated carbocycles. The van der Waals surface area contributed by atoms with Crippen molar-refractivity contribution in [2.45, 2.75) is 0 Å². The average molecular weight is 313 g/mol. The van der Waals surface area contributed by atoms with Crippen LogP contribution in [-0.2, 0) is 0 Å². The fraction of sp³-hybridized carbons (Fsp3) is 0. The maximum Gasteiger partial charge on any atom is 0.224 e. The molecule has 1 nitrogen and oxygen atoms in total. The van der Waals surface area contributed by atoms with Gasteiger partial charge in [0.15, 0.2) is 0 Å². The average Bonchev–Trinajstić information content (AvgIpc) is 2.65. The molecule has 0 spiro atoms. The van der Waals surface area contributed by atoms with Crippen LogP contribution in [0.4, 0.5) is 0 Å². The van der Waals surface area contributed by atoms with E-state index in [1.807, 2.05) is 5.51 Å². The molecule has 0 saturated heterocycles. The van der Waals surface area contributed by atoms with E-state index in [1.54, 1.807) is 11.3 Å². The first-order chi connectivity index (χ1) is 6.45. The van der Waals surface area contributed by atoms with Crippen LogP contribution in [0.25, 0.3) is 21.0 Å². The lowest BCUT2D eigenvalue weighted by Gasteiger charge is -1.94. The number of hydrogen-bond donors (Lipinski definition) is 0. The van der Waals surface area contributed by atoms with Gasteiger partial charge >= 0.3 is 0 Å². The van der Waals surface area contributed by atoms with Gasteiger partial charge in [-0.2, -0.15) is 0 Å². The maximum absolute atomic E-state index is 3.23. The summed E-state index contributed by atoms with van der Waals surface area (Å²) in [5.74, 6) is 0. The van der Waals surface area contributed by atoms with Crippen molar-refractivity contribution >= 4 is 32.3 Å². The minimum Gasteiger partial charge on any atom is -1.00 e. The van der Waals surface area contributed by atoms with Gasteiger partial charge in [-0.1, -0.05) is 35.6 Å². The summed E-state index contributed by atoms with van der Waals surface area (Å²) in [5, 5.41) is 2.65. The zero-order valence-electron chi connectivity index (χ0n) is 7.33. The van der Waals surface area contributed by atoms with E-state index >= 15 is 0 Å². The molecule has 70 valence electrons. The highest BCUT2D eigenvalue weighted by Gasteiger charge is 2.05. The van der Waals surface area contributed by atoms with E-state index < -0.39 is 0 Å². The number of aromatic nitrogens is 1. The fourth-order valence-corrected chi connectivity index (χ4v) is 2.51. The minimum absolute atomic E-state index is 0. The number of aromatic amines is 1. The normalized spacial score (nSPS) is 10.3. The second-order valence-corrected chi connectivity index (χ2v) is 3.92. The van der Waals surface area contributed by atoms with Crippen LogP contribution >= 0.6 is 11.3 Å². The lowest BCUT2D eigenvalue weighted by atomic mass is 10.1. The molecule has 1 heterocycles. The van der Waals surface area contributed by atoms with Gasteiger partial charge in [0, 0.05) is 11.5 Å². The van der Waals surface area contributed by atoms with Crippen LogP contribution in [0.5, 0.6) is 0 Å². The summed E-state index contributed by atoms with van der Waals surface area (Å²) >= 11 is 1.76. The van der Waals surface area contributed by atoms with Crippen LogP contribution in [0.2, 0.25) is 0 Å². The van der Waals surface area contributed by atoms with Crippen LogP contribution < -0.4 is 29.0 Å². The predicted molar refractivity (Wildman–Crippen MR) is 55.9 cm³/mol. The third-order valence-corrected chi connectivity index (χ3v) is 3.18. The number of benzene rings is 2. The molecule has 2 aromatic carbocycles. The van der Waals surface area contributed by atoms with Crippen molar-refractivity contribution < 1.29 is 29.0 Å². The predicted octanol–water partition coefficient (Wildman–Crippen LogP) is -0.127. The van der Waals surface area contributed by atoms with Crippen molar-refractivity contribution in [2.24, 2.45) is 0 Å². The van der Waals surface area contributed by atoms with Gasteiger partial charge in [-0.05, 0) is 11.5 Å². The molecule has 0 bridgehead atoms. The fourth-order valence-electron chi connectivity index (χ4n) is 1.64. The number of hydrogen-bond acceptors (Lipinski definition) is 1. The van der Waals surface area contributed by atoms with Crippen molar-refractivity contribution in [3.05, 3.63) is 41.9 Å². The Kier molecular flexibility index (Phi) is 2.69. The third kappa shape index (κ3) is 1.40. The Bertz CT molecular complexity index is 573. The van der Waals surface area contributed by atoms with Crippen molar-refractivity contribution in [1.29, 1.82) is 0 Å². The Labute approximate surface area is 103 Å². The standard InChI is InChI=1S/C11H7NS.HI/c1-2-4-9-8(3-1)5-6-10-11(9)13-7-12-10;/h1-7H;1H. The molecule has 0 radical (unpaired) electrons. The lowest BCUT2D eigenvalue weighted by Crippen LogP contribution is -3.00. The molecular formula is C11H8INS. The van der Waals surface area contributed by atoms with Crippen molar-refractivity contribution in [3.8, 4) is 0 Å². The van der Waals surface area contributed by atoms with E-state index in [2.05, 4.69) is 41.4 Å². The lowest BCUT2D eigenvalue weighted by molar-refractivity contribution is -0.337. The van der Waals surface area contributed by atoms with E-state index in [0.29, 0.717) is 0 Å². The Morgan fingerprint density at radius 2 is 1.86 bits per heavy atom. The van der Waals surface area contributed by atoms with Crippen LogP contribution in [0.15, 0.2) is 41.9 Å². The first kappa shape index (κ1) is 9.86. The van der Waals surface area contributed by atoms with Gasteiger partial charge < -0.3 is 24.0 Å². The number of nitrogens with one attached hydrogen (secondary N) is 1. The maximum atomic E-state index is 3.23. The smallest absolute Gasteiger partial charge is 0.224 e. The summed E-state index contributed by atoms with van der Waals surface area (Å²) in [5.41, 5.74) is 3.25. The van der Waals surface area contributed by atoms with E-state index in [-0.39, 0.29) is 24.0 Å². The van der Waals surface area contributed by atoms with Gasteiger partial charge in [0.1, 0.15) is 4.70 Å². The third-order valence-electron chi connectivity index (χ3n) is 2.27. The van der Waals surface area contributed by atoms with Gasteiger partial charge in [-0.15, -0.1) is 0 Å². The largest absolute Gasteiger partial charge is 1.00 e. The molecule has 3 heteroatoms. The van der Waals surface area contributed by atoms with E-state index in [1.165, 1.54) is 21.0 Å². The Morgan fingerprint density at radius 3 is 2.79 bits per heavy atom. The van der Waals surface area contributed by atoms with Gasteiger partial charge in [0.25, 0.3) is 0 Å². The second-order valence-electron chi connectivity index (χ2n) is 3.04. The van der Waals surface area contributed by atoms with Crippen LogP contribution in [0.3, 0.4) is 0 Å². The van der Waals surface area contributed by atoms with Crippen molar-refractivity contribution in [3.63, 3.8) is 0 Å². The van der Waals surface area contributed by atoms with Gasteiger partial charge in [0.05, 0.1) is 0 Å². The van der Waals surface area contributed by atoms with Crippen LogP contribution in [-0.4, -0.2) is 0 Å². The SMILES string of the molecule is [I-].c1ccc2c(c1)ccc1[nH+]csc12. The Balaban J connectivity index is 0.000000750. The van der Waals surface area contributed by atoms with E-state index in [0.717, 1.165) is 0 Å². The van der Waals surface area contributed by atoms with E-state index in [9.17, 15) is 0 Å². The minimum atomic E-state index is 0. The Morgan fingerprint density at radius 1 is 1.00 bits per heavy atom. The summed E-state index contributed by atoms with van der Waals surface area (Å²) in [7, 11) is 0. The second kappa shape index (κ2) is 3.82. The molecule has 14 heavy (non-hydrogen) atoms. The van der Waals surface area contributed by atoms with Crippen LogP contribution in [0.1, 0.15) is 0 Å². The summed E-state index contributed by atoms with van der Waals surface area (Å²) in [6.07, 6.45) is 0. The summed E-state index contributed by atoms with van der Waals surface area (Å²) < 4.78 is 1.35. The monoisotopic (exact) mass is 313 g/mol. The van der Waals surface area contributed by atoms with Crippen molar-refractivity contribution in [2.75, 3.05) is 0 Å². The molecule has 0 fully saturated rings. The molecular weight excluding hydrogens is 305 g/mol. The molecule has 0 aliphatic carbocycles. The summed E-state index contributed by atoms with van der Waals surface area (Å²) in [6.45, 7) is 0. The first-order valence-corrected chi connectivity index (χ1v) is 5.10. The molecule has 0 atom stereocenters. The summed E-state index contributed by atoms with van der Waals surface area (Å²) in [4.78, 5) is 3.23. The number of rotatable bonds is 0. The highest BCUT2D eigenvalue weighted by atomic mass is 127. The van der Waals surface area contributed by atoms with Gasteiger partial charge in [-0.25, -0.2) is 4.98 Å². The molecule has 0 unspecified atom stereocenters. The molecule has 1 aromatic heterocycles. The molecule has 3 aromatic rings. The van der Waals surface area contributed by atoms with Crippen LogP contribution in [0, 0.1) is 0 Å². The van der Waals surface area contributed by atoms with Gasteiger partial charge in [-0.3, -0.25) is 0 Å². The van der Waals surface area contributed by atoms with Crippen molar-refractivity contribution in [1.82, 2.24) is 0 Å². The number of H-pyrrole nitrogens is 1. The quantitative estimate of drug-likeness (QED) is 0.514. The highest BCUT2D eigenvalue weighted by molar-refractivity contribution is 7.17. The highest BCUT2D eigenvalue weighted by Crippen LogP contribution is 2.25. The van der Waals surface area contributed by atoms with E-state index in [4.69, 9.17) is 0 Å². The number of thiazole rings is 1. The number of fused-ring (bicyclic) bond motifs is 3. The molecule has 3 rings (SSSR count). The topological polar surface area (TPSA) is 14.1 Å². The zero-order chi connectivity index (χ0) is 8.67. The zero-order valence-corrected chi connectivity index (χ0v) is 10.3.